The van der Waals surface area contributed by atoms with E-state index in [9.17, 15) is 9.18 Å². The molecule has 0 fully saturated rings. The monoisotopic (exact) mass is 386 g/mol. The van der Waals surface area contributed by atoms with Crippen molar-refractivity contribution in [2.75, 3.05) is 5.32 Å². The molecule has 4 rings (SSSR count). The zero-order chi connectivity index (χ0) is 19.0. The van der Waals surface area contributed by atoms with E-state index in [4.69, 9.17) is 4.74 Å². The van der Waals surface area contributed by atoms with Crippen molar-refractivity contribution in [1.29, 1.82) is 0 Å². The van der Waals surface area contributed by atoms with Crippen LogP contribution >= 0.6 is 11.3 Å². The first kappa shape index (κ1) is 17.7. The quantitative estimate of drug-likeness (QED) is 0.728. The Kier molecular flexibility index (Phi) is 4.65. The minimum absolute atomic E-state index is 0.0675. The Morgan fingerprint density at radius 2 is 2.22 bits per heavy atom. The molecule has 1 atom stereocenters. The van der Waals surface area contributed by atoms with Crippen molar-refractivity contribution < 1.29 is 13.9 Å². The maximum atomic E-state index is 13.8. The molecule has 6 nitrogen and oxygen atoms in total. The molecule has 3 aromatic rings. The van der Waals surface area contributed by atoms with Crippen LogP contribution in [0.15, 0.2) is 30.5 Å². The Balaban J connectivity index is 1.52. The van der Waals surface area contributed by atoms with Crippen LogP contribution in [0, 0.1) is 5.82 Å². The number of benzene rings is 1. The highest BCUT2D eigenvalue weighted by Crippen LogP contribution is 2.37. The highest BCUT2D eigenvalue weighted by Gasteiger charge is 2.26. The van der Waals surface area contributed by atoms with Crippen molar-refractivity contribution in [2.24, 2.45) is 7.05 Å². The van der Waals surface area contributed by atoms with E-state index in [1.165, 1.54) is 23.5 Å². The summed E-state index contributed by atoms with van der Waals surface area (Å²) in [6.45, 7) is 1.82. The number of ether oxygens (including phenoxy) is 1. The molecular weight excluding hydrogens is 367 g/mol. The molecule has 0 aliphatic heterocycles. The van der Waals surface area contributed by atoms with Crippen LogP contribution in [0.1, 0.15) is 23.9 Å². The van der Waals surface area contributed by atoms with Gasteiger partial charge in [-0.25, -0.2) is 9.37 Å². The molecule has 0 unspecified atom stereocenters. The van der Waals surface area contributed by atoms with Crippen LogP contribution in [0.5, 0.6) is 5.75 Å². The minimum Gasteiger partial charge on any atom is -0.478 e. The van der Waals surface area contributed by atoms with E-state index in [1.807, 2.05) is 24.9 Å². The lowest BCUT2D eigenvalue weighted by atomic mass is 10.0. The summed E-state index contributed by atoms with van der Waals surface area (Å²) in [5.41, 5.74) is 3.05. The van der Waals surface area contributed by atoms with Gasteiger partial charge in [-0.15, -0.1) is 11.3 Å². The molecule has 0 bridgehead atoms. The van der Waals surface area contributed by atoms with Gasteiger partial charge in [-0.2, -0.15) is 5.10 Å². The van der Waals surface area contributed by atoms with Gasteiger partial charge in [0.15, 0.2) is 22.8 Å². The number of amides is 1. The maximum absolute atomic E-state index is 13.8. The summed E-state index contributed by atoms with van der Waals surface area (Å²) in [5.74, 6) is -0.756. The van der Waals surface area contributed by atoms with E-state index in [2.05, 4.69) is 15.4 Å². The molecule has 0 saturated carbocycles. The molecule has 0 spiro atoms. The van der Waals surface area contributed by atoms with E-state index < -0.39 is 11.9 Å². The van der Waals surface area contributed by atoms with Crippen LogP contribution in [0.3, 0.4) is 0 Å². The number of anilines is 1. The molecule has 1 N–H and O–H groups in total. The molecule has 0 saturated heterocycles. The number of hydrogen-bond donors (Lipinski definition) is 1. The SMILES string of the molecule is CC[C@@H](Oc1ccccc1F)C(=O)Nc1nc2c(s1)CCc1c-2cnn1C. The number of rotatable bonds is 5. The van der Waals surface area contributed by atoms with Gasteiger partial charge in [0.05, 0.1) is 11.9 Å². The number of fused-ring (bicyclic) bond motifs is 3. The lowest BCUT2D eigenvalue weighted by Gasteiger charge is -2.16. The normalized spacial score (nSPS) is 13.6. The summed E-state index contributed by atoms with van der Waals surface area (Å²) in [6.07, 6.45) is 3.21. The van der Waals surface area contributed by atoms with Crippen LogP contribution in [0.4, 0.5) is 9.52 Å². The van der Waals surface area contributed by atoms with Gasteiger partial charge in [0.2, 0.25) is 0 Å². The molecule has 0 radical (unpaired) electrons. The Labute approximate surface area is 160 Å². The molecule has 8 heteroatoms. The number of nitrogens with zero attached hydrogens (tertiary/aromatic N) is 3. The summed E-state index contributed by atoms with van der Waals surface area (Å²) >= 11 is 1.46. The second-order valence-electron chi connectivity index (χ2n) is 6.35. The number of carbonyl (C=O) groups is 1. The summed E-state index contributed by atoms with van der Waals surface area (Å²) in [5, 5.41) is 7.65. The van der Waals surface area contributed by atoms with Crippen molar-refractivity contribution in [2.45, 2.75) is 32.3 Å². The predicted molar refractivity (Wildman–Crippen MR) is 101 cm³/mol. The molecule has 1 amide bonds. The molecular formula is C19H19FN4O2S. The predicted octanol–water partition coefficient (Wildman–Crippen LogP) is 3.58. The standard InChI is InChI=1S/C19H19FN4O2S/c1-3-14(26-15-7-5-4-6-12(15)20)18(25)23-19-22-17-11-10-21-24(2)13(11)8-9-16(17)27-19/h4-7,10,14H,3,8-9H2,1-2H3,(H,22,23,25)/t14-/m1/s1. The van der Waals surface area contributed by atoms with Crippen LogP contribution in [0.25, 0.3) is 11.3 Å². The lowest BCUT2D eigenvalue weighted by Crippen LogP contribution is -2.32. The maximum Gasteiger partial charge on any atom is 0.267 e. The number of aromatic nitrogens is 3. The van der Waals surface area contributed by atoms with E-state index in [-0.39, 0.29) is 11.7 Å². The van der Waals surface area contributed by atoms with E-state index in [0.717, 1.165) is 34.7 Å². The number of aryl methyl sites for hydroxylation is 2. The summed E-state index contributed by atoms with van der Waals surface area (Å²) < 4.78 is 21.2. The fraction of sp³-hybridized carbons (Fsp3) is 0.316. The van der Waals surface area contributed by atoms with Gasteiger partial charge < -0.3 is 4.74 Å². The molecule has 27 heavy (non-hydrogen) atoms. The topological polar surface area (TPSA) is 69.0 Å². The number of nitrogens with one attached hydrogen (secondary N) is 1. The number of halogens is 1. The van der Waals surface area contributed by atoms with E-state index in [0.29, 0.717) is 11.6 Å². The zero-order valence-corrected chi connectivity index (χ0v) is 15.8. The van der Waals surface area contributed by atoms with Crippen LogP contribution in [-0.4, -0.2) is 26.8 Å². The van der Waals surface area contributed by atoms with Crippen molar-refractivity contribution in [3.8, 4) is 17.0 Å². The third kappa shape index (κ3) is 3.32. The highest BCUT2D eigenvalue weighted by atomic mass is 32.1. The first-order valence-corrected chi connectivity index (χ1v) is 9.61. The average molecular weight is 386 g/mol. The number of carbonyl (C=O) groups excluding carboxylic acids is 1. The van der Waals surface area contributed by atoms with E-state index >= 15 is 0 Å². The van der Waals surface area contributed by atoms with Gasteiger partial charge in [-0.05, 0) is 31.4 Å². The van der Waals surface area contributed by atoms with Gasteiger partial charge >= 0.3 is 0 Å². The second kappa shape index (κ2) is 7.11. The van der Waals surface area contributed by atoms with Gasteiger partial charge in [-0.3, -0.25) is 14.8 Å². The largest absolute Gasteiger partial charge is 0.478 e. The fourth-order valence-electron chi connectivity index (χ4n) is 3.18. The van der Waals surface area contributed by atoms with Crippen LogP contribution < -0.4 is 10.1 Å². The first-order chi connectivity index (χ1) is 13.1. The highest BCUT2D eigenvalue weighted by molar-refractivity contribution is 7.16. The fourth-order valence-corrected chi connectivity index (χ4v) is 4.15. The molecule has 1 aliphatic carbocycles. The Morgan fingerprint density at radius 3 is 3.00 bits per heavy atom. The third-order valence-corrected chi connectivity index (χ3v) is 5.63. The Morgan fingerprint density at radius 1 is 1.41 bits per heavy atom. The van der Waals surface area contributed by atoms with Crippen molar-refractivity contribution in [3.63, 3.8) is 0 Å². The minimum atomic E-state index is -0.795. The van der Waals surface area contributed by atoms with Crippen molar-refractivity contribution in [3.05, 3.63) is 46.9 Å². The van der Waals surface area contributed by atoms with Gasteiger partial charge in [0, 0.05) is 23.2 Å². The molecule has 140 valence electrons. The van der Waals surface area contributed by atoms with Crippen molar-refractivity contribution in [1.82, 2.24) is 14.8 Å². The third-order valence-electron chi connectivity index (χ3n) is 4.60. The van der Waals surface area contributed by atoms with Crippen molar-refractivity contribution >= 4 is 22.4 Å². The van der Waals surface area contributed by atoms with Gasteiger partial charge in [0.25, 0.3) is 5.91 Å². The van der Waals surface area contributed by atoms with Crippen LogP contribution in [-0.2, 0) is 24.7 Å². The number of hydrogen-bond acceptors (Lipinski definition) is 5. The molecule has 1 aliphatic rings. The lowest BCUT2D eigenvalue weighted by molar-refractivity contribution is -0.122. The summed E-state index contributed by atoms with van der Waals surface area (Å²) in [6, 6.07) is 6.07. The molecule has 2 aromatic heterocycles. The summed E-state index contributed by atoms with van der Waals surface area (Å²) in [4.78, 5) is 18.3. The first-order valence-electron chi connectivity index (χ1n) is 8.79. The van der Waals surface area contributed by atoms with Crippen LogP contribution in [0.2, 0.25) is 0 Å². The number of para-hydroxylation sites is 1. The van der Waals surface area contributed by atoms with Gasteiger partial charge in [-0.1, -0.05) is 19.1 Å². The average Bonchev–Trinajstić information content (AvgIpc) is 3.24. The van der Waals surface area contributed by atoms with Gasteiger partial charge in [0.1, 0.15) is 0 Å². The summed E-state index contributed by atoms with van der Waals surface area (Å²) in [7, 11) is 1.92. The Bertz CT molecular complexity index is 998. The Hall–Kier alpha value is -2.74. The molecule has 2 heterocycles. The van der Waals surface area contributed by atoms with E-state index in [1.54, 1.807) is 12.1 Å². The second-order valence-corrected chi connectivity index (χ2v) is 7.44. The zero-order valence-electron chi connectivity index (χ0n) is 15.0. The smallest absolute Gasteiger partial charge is 0.267 e. The number of thiazole rings is 1. The molecule has 1 aromatic carbocycles.